The Morgan fingerprint density at radius 2 is 2.07 bits per heavy atom. The molecule has 0 bridgehead atoms. The van der Waals surface area contributed by atoms with Gasteiger partial charge in [-0.25, -0.2) is 0 Å². The number of carbonyl (C=O) groups is 2. The van der Waals surface area contributed by atoms with E-state index in [1.54, 1.807) is 12.2 Å². The average Bonchev–Trinajstić information content (AvgIpc) is 2.94. The number of rotatable bonds is 14. The zero-order valence-corrected chi connectivity index (χ0v) is 17.1. The first-order valence-corrected chi connectivity index (χ1v) is 10.6. The van der Waals surface area contributed by atoms with E-state index < -0.39 is 12.2 Å². The molecule has 0 aromatic rings. The quantitative estimate of drug-likeness (QED) is 0.267. The number of Topliss-reactive ketones (excluding diaryl/α,β-unsaturated/α-hetero) is 1. The number of aliphatic hydroxyl groups excluding tert-OH is 3. The molecule has 4 atom stereocenters. The normalized spacial score (nSPS) is 23.7. The maximum atomic E-state index is 12.2. The average molecular weight is 396 g/mol. The van der Waals surface area contributed by atoms with Crippen molar-refractivity contribution in [2.75, 3.05) is 13.2 Å². The van der Waals surface area contributed by atoms with E-state index in [1.165, 1.54) is 0 Å². The van der Waals surface area contributed by atoms with Crippen molar-refractivity contribution in [3.8, 4) is 0 Å². The highest BCUT2D eigenvalue weighted by Gasteiger charge is 2.39. The fraction of sp³-hybridized carbons (Fsp3) is 0.727. The smallest absolute Gasteiger partial charge is 0.220 e. The summed E-state index contributed by atoms with van der Waals surface area (Å²) in [6.45, 7) is 2.34. The maximum Gasteiger partial charge on any atom is 0.220 e. The molecule has 0 spiro atoms. The van der Waals surface area contributed by atoms with E-state index in [1.807, 2.05) is 12.2 Å². The lowest BCUT2D eigenvalue weighted by Crippen LogP contribution is -2.25. The van der Waals surface area contributed by atoms with Crippen molar-refractivity contribution in [3.05, 3.63) is 24.3 Å². The number of unbranched alkanes of at least 4 members (excludes halogenated alkanes) is 3. The molecule has 0 aromatic carbocycles. The van der Waals surface area contributed by atoms with Gasteiger partial charge in [0.15, 0.2) is 0 Å². The number of allylic oxidation sites excluding steroid dienone is 3. The van der Waals surface area contributed by atoms with Gasteiger partial charge in [0.2, 0.25) is 5.91 Å². The lowest BCUT2D eigenvalue weighted by molar-refractivity contribution is -0.121. The molecule has 1 aliphatic carbocycles. The largest absolute Gasteiger partial charge is 0.395 e. The Bertz CT molecular complexity index is 517. The van der Waals surface area contributed by atoms with Crippen LogP contribution >= 0.6 is 0 Å². The number of ketones is 1. The Labute approximate surface area is 168 Å². The summed E-state index contributed by atoms with van der Waals surface area (Å²) in [5, 5.41) is 31.5. The summed E-state index contributed by atoms with van der Waals surface area (Å²) in [5.74, 6) is -0.536. The second-order valence-corrected chi connectivity index (χ2v) is 7.55. The van der Waals surface area contributed by atoms with Crippen molar-refractivity contribution in [2.24, 2.45) is 11.8 Å². The Hall–Kier alpha value is -1.50. The molecule has 1 rings (SSSR count). The predicted molar refractivity (Wildman–Crippen MR) is 110 cm³/mol. The van der Waals surface area contributed by atoms with E-state index >= 15 is 0 Å². The van der Waals surface area contributed by atoms with Crippen LogP contribution in [-0.4, -0.2) is 52.4 Å². The Morgan fingerprint density at radius 3 is 2.79 bits per heavy atom. The van der Waals surface area contributed by atoms with Crippen LogP contribution in [-0.2, 0) is 9.59 Å². The molecule has 4 N–H and O–H groups in total. The first-order chi connectivity index (χ1) is 13.5. The van der Waals surface area contributed by atoms with Crippen LogP contribution in [0.5, 0.6) is 0 Å². The van der Waals surface area contributed by atoms with Crippen LogP contribution in [0.1, 0.15) is 64.7 Å². The number of aliphatic hydroxyl groups is 3. The second kappa shape index (κ2) is 14.5. The number of amides is 1. The van der Waals surface area contributed by atoms with Gasteiger partial charge in [0, 0.05) is 31.2 Å². The molecule has 1 aliphatic rings. The Kier molecular flexibility index (Phi) is 12.7. The van der Waals surface area contributed by atoms with E-state index in [0.29, 0.717) is 25.7 Å². The monoisotopic (exact) mass is 395 g/mol. The van der Waals surface area contributed by atoms with Crippen molar-refractivity contribution < 1.29 is 24.9 Å². The molecule has 0 saturated heterocycles. The third-order valence-electron chi connectivity index (χ3n) is 5.17. The van der Waals surface area contributed by atoms with E-state index in [0.717, 1.165) is 25.7 Å². The van der Waals surface area contributed by atoms with Crippen LogP contribution in [0.25, 0.3) is 0 Å². The van der Waals surface area contributed by atoms with Crippen molar-refractivity contribution in [1.29, 1.82) is 0 Å². The summed E-state index contributed by atoms with van der Waals surface area (Å²) >= 11 is 0. The molecule has 1 amide bonds. The van der Waals surface area contributed by atoms with Gasteiger partial charge in [0.1, 0.15) is 5.78 Å². The second-order valence-electron chi connectivity index (χ2n) is 7.55. The predicted octanol–water partition coefficient (Wildman–Crippen LogP) is 2.28. The van der Waals surface area contributed by atoms with E-state index in [2.05, 4.69) is 12.2 Å². The molecule has 6 nitrogen and oxygen atoms in total. The van der Waals surface area contributed by atoms with Crippen molar-refractivity contribution in [1.82, 2.24) is 5.32 Å². The van der Waals surface area contributed by atoms with Gasteiger partial charge in [-0.1, -0.05) is 50.5 Å². The van der Waals surface area contributed by atoms with Gasteiger partial charge in [0.05, 0.1) is 18.8 Å². The molecule has 0 unspecified atom stereocenters. The molecule has 0 heterocycles. The van der Waals surface area contributed by atoms with E-state index in [9.17, 15) is 19.8 Å². The topological polar surface area (TPSA) is 107 Å². The summed E-state index contributed by atoms with van der Waals surface area (Å²) < 4.78 is 0. The molecule has 0 radical (unpaired) electrons. The third kappa shape index (κ3) is 9.62. The molecule has 6 heteroatoms. The molecule has 0 aliphatic heterocycles. The summed E-state index contributed by atoms with van der Waals surface area (Å²) in [6, 6.07) is 0. The number of hydrogen-bond donors (Lipinski definition) is 4. The molecule has 0 aromatic heterocycles. The van der Waals surface area contributed by atoms with Gasteiger partial charge in [-0.15, -0.1) is 0 Å². The van der Waals surface area contributed by atoms with Crippen LogP contribution < -0.4 is 5.32 Å². The number of carbonyl (C=O) groups excluding carboxylic acids is 2. The molecule has 160 valence electrons. The first kappa shape index (κ1) is 24.5. The zero-order valence-electron chi connectivity index (χ0n) is 17.1. The first-order valence-electron chi connectivity index (χ1n) is 10.6. The van der Waals surface area contributed by atoms with E-state index in [4.69, 9.17) is 5.11 Å². The van der Waals surface area contributed by atoms with E-state index in [-0.39, 0.29) is 43.1 Å². The summed E-state index contributed by atoms with van der Waals surface area (Å²) in [7, 11) is 0. The van der Waals surface area contributed by atoms with Crippen LogP contribution in [0.15, 0.2) is 24.3 Å². The summed E-state index contributed by atoms with van der Waals surface area (Å²) in [4.78, 5) is 23.6. The molecular formula is C22H37NO5. The van der Waals surface area contributed by atoms with Crippen molar-refractivity contribution >= 4 is 11.7 Å². The fourth-order valence-corrected chi connectivity index (χ4v) is 3.51. The Balaban J connectivity index is 2.40. The van der Waals surface area contributed by atoms with Crippen LogP contribution in [0.2, 0.25) is 0 Å². The van der Waals surface area contributed by atoms with Gasteiger partial charge in [0.25, 0.3) is 0 Å². The van der Waals surface area contributed by atoms with Gasteiger partial charge in [-0.05, 0) is 25.7 Å². The summed E-state index contributed by atoms with van der Waals surface area (Å²) in [6.07, 6.45) is 12.8. The highest BCUT2D eigenvalue weighted by Crippen LogP contribution is 2.33. The zero-order chi connectivity index (χ0) is 20.8. The maximum absolute atomic E-state index is 12.2. The van der Waals surface area contributed by atoms with Crippen LogP contribution in [0, 0.1) is 11.8 Å². The van der Waals surface area contributed by atoms with Crippen molar-refractivity contribution in [3.63, 3.8) is 0 Å². The minimum absolute atomic E-state index is 0.0310. The van der Waals surface area contributed by atoms with Gasteiger partial charge >= 0.3 is 0 Å². The Morgan fingerprint density at radius 1 is 1.29 bits per heavy atom. The van der Waals surface area contributed by atoms with Gasteiger partial charge in [-0.3, -0.25) is 9.59 Å². The summed E-state index contributed by atoms with van der Waals surface area (Å²) in [5.41, 5.74) is 0. The molecule has 1 saturated carbocycles. The minimum atomic E-state index is -0.645. The molecular weight excluding hydrogens is 358 g/mol. The molecule has 28 heavy (non-hydrogen) atoms. The number of hydrogen-bond acceptors (Lipinski definition) is 5. The molecule has 1 fully saturated rings. The van der Waals surface area contributed by atoms with Crippen LogP contribution in [0.4, 0.5) is 0 Å². The van der Waals surface area contributed by atoms with Gasteiger partial charge in [-0.2, -0.15) is 0 Å². The van der Waals surface area contributed by atoms with Gasteiger partial charge < -0.3 is 20.6 Å². The third-order valence-corrected chi connectivity index (χ3v) is 5.17. The lowest BCUT2D eigenvalue weighted by Gasteiger charge is -2.17. The standard InChI is InChI=1S/C22H37NO5/c1-2-3-6-9-17(25)12-13-19-18(20(26)16-21(19)27)10-7-4-5-8-11-22(28)23-14-15-24/h4,7,12-13,17-20,24-26H,2-3,5-6,8-11,14-16H2,1H3,(H,23,28)/b7-4-,13-12+/t17-,18-,19+,20+/m0/s1. The van der Waals surface area contributed by atoms with Crippen LogP contribution in [0.3, 0.4) is 0 Å². The highest BCUT2D eigenvalue weighted by molar-refractivity contribution is 5.86. The fourth-order valence-electron chi connectivity index (χ4n) is 3.51. The SMILES string of the molecule is CCCCC[C@H](O)/C=C/[C@H]1C(=O)C[C@@H](O)[C@H]1C/C=C\CCCC(=O)NCCO. The number of nitrogens with one attached hydrogen (secondary N) is 1. The minimum Gasteiger partial charge on any atom is -0.395 e. The van der Waals surface area contributed by atoms with Crippen molar-refractivity contribution in [2.45, 2.75) is 76.9 Å². The highest BCUT2D eigenvalue weighted by atomic mass is 16.3. The lowest BCUT2D eigenvalue weighted by atomic mass is 9.90.